The lowest BCUT2D eigenvalue weighted by atomic mass is 10.0. The number of alkyl halides is 3. The number of aliphatic hydroxyl groups is 1. The summed E-state index contributed by atoms with van der Waals surface area (Å²) in [5.41, 5.74) is 1.05. The summed E-state index contributed by atoms with van der Waals surface area (Å²) >= 11 is 0. The lowest BCUT2D eigenvalue weighted by Gasteiger charge is -2.36. The van der Waals surface area contributed by atoms with Gasteiger partial charge in [-0.1, -0.05) is 11.2 Å². The molecule has 4 rings (SSSR count). The fourth-order valence-corrected chi connectivity index (χ4v) is 3.99. The molecule has 0 saturated carbocycles. The molecule has 2 heterocycles. The number of carbonyl (C=O) groups excluding carboxylic acids is 1. The Kier molecular flexibility index (Phi) is 6.52. The Labute approximate surface area is 194 Å². The summed E-state index contributed by atoms with van der Waals surface area (Å²) in [6.45, 7) is 2.81. The SMILES string of the molecule is COc1ccc(-c2noc(C(=O)N3CCN(c4cccc(C(F)(F)F)c4)CC3)c2C(C)O)cc1. The van der Waals surface area contributed by atoms with Gasteiger partial charge >= 0.3 is 6.18 Å². The number of anilines is 1. The van der Waals surface area contributed by atoms with Crippen LogP contribution < -0.4 is 9.64 Å². The van der Waals surface area contributed by atoms with E-state index in [1.165, 1.54) is 13.0 Å². The van der Waals surface area contributed by atoms with E-state index in [-0.39, 0.29) is 24.4 Å². The number of piperazine rings is 1. The van der Waals surface area contributed by atoms with E-state index in [4.69, 9.17) is 9.26 Å². The van der Waals surface area contributed by atoms with Gasteiger partial charge < -0.3 is 24.2 Å². The lowest BCUT2D eigenvalue weighted by molar-refractivity contribution is -0.137. The third-order valence-corrected chi connectivity index (χ3v) is 5.81. The first kappa shape index (κ1) is 23.6. The fraction of sp³-hybridized carbons (Fsp3) is 0.333. The molecule has 1 amide bonds. The minimum Gasteiger partial charge on any atom is -0.497 e. The average Bonchev–Trinajstić information content (AvgIpc) is 3.29. The first-order valence-electron chi connectivity index (χ1n) is 10.7. The van der Waals surface area contributed by atoms with Crippen molar-refractivity contribution >= 4 is 11.6 Å². The van der Waals surface area contributed by atoms with Crippen molar-refractivity contribution in [3.63, 3.8) is 0 Å². The molecule has 180 valence electrons. The Morgan fingerprint density at radius 2 is 1.79 bits per heavy atom. The second-order valence-electron chi connectivity index (χ2n) is 8.01. The van der Waals surface area contributed by atoms with E-state index in [0.29, 0.717) is 35.8 Å². The van der Waals surface area contributed by atoms with E-state index in [1.54, 1.807) is 47.2 Å². The summed E-state index contributed by atoms with van der Waals surface area (Å²) in [7, 11) is 1.55. The second-order valence-corrected chi connectivity index (χ2v) is 8.01. The minimum absolute atomic E-state index is 0.0478. The van der Waals surface area contributed by atoms with Crippen molar-refractivity contribution < 1.29 is 32.3 Å². The standard InChI is InChI=1S/C24H24F3N3O4/c1-15(31)20-21(16-6-8-19(33-2)9-7-16)28-34-22(20)23(32)30-12-10-29(11-13-30)18-5-3-4-17(14-18)24(25,26)27/h3-9,14-15,31H,10-13H2,1-2H3. The number of benzene rings is 2. The zero-order valence-electron chi connectivity index (χ0n) is 18.7. The zero-order chi connectivity index (χ0) is 24.5. The number of methoxy groups -OCH3 is 1. The van der Waals surface area contributed by atoms with E-state index in [9.17, 15) is 23.1 Å². The molecular formula is C24H24F3N3O4. The van der Waals surface area contributed by atoms with Crippen molar-refractivity contribution in [2.45, 2.75) is 19.2 Å². The minimum atomic E-state index is -4.42. The van der Waals surface area contributed by atoms with Crippen molar-refractivity contribution in [3.8, 4) is 17.0 Å². The van der Waals surface area contributed by atoms with Gasteiger partial charge in [-0.05, 0) is 49.4 Å². The number of rotatable bonds is 5. The molecule has 1 atom stereocenters. The molecule has 1 aromatic heterocycles. The number of amides is 1. The second kappa shape index (κ2) is 9.38. The smallest absolute Gasteiger partial charge is 0.416 e. The Bertz CT molecular complexity index is 1150. The van der Waals surface area contributed by atoms with E-state index in [2.05, 4.69) is 5.16 Å². The summed E-state index contributed by atoms with van der Waals surface area (Å²) < 4.78 is 49.7. The van der Waals surface area contributed by atoms with Crippen LogP contribution in [0, 0.1) is 0 Å². The molecule has 10 heteroatoms. The number of hydrogen-bond acceptors (Lipinski definition) is 6. The van der Waals surface area contributed by atoms with Gasteiger partial charge in [0.25, 0.3) is 5.91 Å². The van der Waals surface area contributed by atoms with Crippen molar-refractivity contribution in [1.29, 1.82) is 0 Å². The van der Waals surface area contributed by atoms with Gasteiger partial charge in [0.2, 0.25) is 5.76 Å². The van der Waals surface area contributed by atoms with E-state index < -0.39 is 23.8 Å². The molecule has 1 saturated heterocycles. The highest BCUT2D eigenvalue weighted by molar-refractivity contribution is 5.95. The number of aliphatic hydroxyl groups excluding tert-OH is 1. The van der Waals surface area contributed by atoms with Crippen LogP contribution in [0.3, 0.4) is 0 Å². The van der Waals surface area contributed by atoms with Crippen molar-refractivity contribution in [2.24, 2.45) is 0 Å². The summed E-state index contributed by atoms with van der Waals surface area (Å²) in [5, 5.41) is 14.4. The number of carbonyl (C=O) groups is 1. The molecule has 1 aliphatic heterocycles. The van der Waals surface area contributed by atoms with Gasteiger partial charge in [0.15, 0.2) is 0 Å². The summed E-state index contributed by atoms with van der Waals surface area (Å²) in [4.78, 5) is 16.5. The molecule has 3 aromatic rings. The normalized spacial score (nSPS) is 15.4. The number of nitrogens with zero attached hydrogens (tertiary/aromatic N) is 3. The zero-order valence-corrected chi connectivity index (χ0v) is 18.7. The van der Waals surface area contributed by atoms with Crippen LogP contribution in [0.25, 0.3) is 11.3 Å². The molecule has 1 N–H and O–H groups in total. The van der Waals surface area contributed by atoms with Gasteiger partial charge in [0, 0.05) is 37.4 Å². The summed E-state index contributed by atoms with van der Waals surface area (Å²) in [6, 6.07) is 12.1. The quantitative estimate of drug-likeness (QED) is 0.590. The number of ether oxygens (including phenoxy) is 1. The average molecular weight is 475 g/mol. The topological polar surface area (TPSA) is 79.0 Å². The van der Waals surface area contributed by atoms with Gasteiger partial charge in [-0.3, -0.25) is 4.79 Å². The molecule has 34 heavy (non-hydrogen) atoms. The molecular weight excluding hydrogens is 451 g/mol. The molecule has 0 spiro atoms. The van der Waals surface area contributed by atoms with Crippen LogP contribution in [0.1, 0.15) is 34.7 Å². The van der Waals surface area contributed by atoms with Crippen LogP contribution in [-0.2, 0) is 6.18 Å². The molecule has 0 bridgehead atoms. The first-order valence-corrected chi connectivity index (χ1v) is 10.7. The van der Waals surface area contributed by atoms with Crippen molar-refractivity contribution in [1.82, 2.24) is 10.1 Å². The van der Waals surface area contributed by atoms with Crippen LogP contribution in [0.2, 0.25) is 0 Å². The van der Waals surface area contributed by atoms with Crippen molar-refractivity contribution in [2.75, 3.05) is 38.2 Å². The van der Waals surface area contributed by atoms with Crippen LogP contribution in [0.4, 0.5) is 18.9 Å². The third-order valence-electron chi connectivity index (χ3n) is 5.81. The first-order chi connectivity index (χ1) is 16.2. The van der Waals surface area contributed by atoms with Gasteiger partial charge in [0.1, 0.15) is 11.4 Å². The van der Waals surface area contributed by atoms with Gasteiger partial charge in [-0.2, -0.15) is 13.2 Å². The highest BCUT2D eigenvalue weighted by Gasteiger charge is 2.33. The highest BCUT2D eigenvalue weighted by atomic mass is 19.4. The van der Waals surface area contributed by atoms with E-state index >= 15 is 0 Å². The lowest BCUT2D eigenvalue weighted by Crippen LogP contribution is -2.49. The summed E-state index contributed by atoms with van der Waals surface area (Å²) in [6.07, 6.45) is -5.42. The highest BCUT2D eigenvalue weighted by Crippen LogP contribution is 2.34. The van der Waals surface area contributed by atoms with E-state index in [1.807, 2.05) is 0 Å². The van der Waals surface area contributed by atoms with Crippen LogP contribution in [0.5, 0.6) is 5.75 Å². The predicted octanol–water partition coefficient (Wildman–Crippen LogP) is 4.38. The molecule has 1 unspecified atom stereocenters. The van der Waals surface area contributed by atoms with Crippen LogP contribution in [-0.4, -0.2) is 54.4 Å². The predicted molar refractivity (Wildman–Crippen MR) is 119 cm³/mol. The van der Waals surface area contributed by atoms with Crippen LogP contribution >= 0.6 is 0 Å². The Morgan fingerprint density at radius 3 is 2.38 bits per heavy atom. The van der Waals surface area contributed by atoms with Gasteiger partial charge in [-0.25, -0.2) is 0 Å². The molecule has 1 aliphatic rings. The molecule has 0 aliphatic carbocycles. The number of aromatic nitrogens is 1. The monoisotopic (exact) mass is 475 g/mol. The van der Waals surface area contributed by atoms with Crippen molar-refractivity contribution in [3.05, 3.63) is 65.4 Å². The Hall–Kier alpha value is -3.53. The largest absolute Gasteiger partial charge is 0.497 e. The molecule has 0 radical (unpaired) electrons. The van der Waals surface area contributed by atoms with E-state index in [0.717, 1.165) is 12.1 Å². The number of hydrogen-bond donors (Lipinski definition) is 1. The van der Waals surface area contributed by atoms with Gasteiger partial charge in [-0.15, -0.1) is 0 Å². The molecule has 1 fully saturated rings. The maximum absolute atomic E-state index is 13.2. The Morgan fingerprint density at radius 1 is 1.12 bits per heavy atom. The molecule has 7 nitrogen and oxygen atoms in total. The fourth-order valence-electron chi connectivity index (χ4n) is 3.99. The Balaban J connectivity index is 1.51. The summed E-state index contributed by atoms with van der Waals surface area (Å²) in [5.74, 6) is 0.181. The molecule has 2 aromatic carbocycles. The maximum Gasteiger partial charge on any atom is 0.416 e. The maximum atomic E-state index is 13.2. The van der Waals surface area contributed by atoms with Gasteiger partial charge in [0.05, 0.1) is 24.3 Å². The number of halogens is 3. The third kappa shape index (κ3) is 4.72. The van der Waals surface area contributed by atoms with Crippen LogP contribution in [0.15, 0.2) is 53.1 Å².